The Morgan fingerprint density at radius 1 is 1.02 bits per heavy atom. The SMILES string of the molecule is CC(C)c1ccc(N(CCc2ccc(NC3CCN(C(=O)OC(C)(C)C)CC3)cc2)S(=O)(=O)c2ccccc2[N+](=O)[O-])cc1. The van der Waals surface area contributed by atoms with Crippen LogP contribution in [0.5, 0.6) is 0 Å². The number of nitrogens with one attached hydrogen (secondary N) is 1. The van der Waals surface area contributed by atoms with E-state index < -0.39 is 26.2 Å². The van der Waals surface area contributed by atoms with Gasteiger partial charge < -0.3 is 15.0 Å². The molecule has 4 rings (SSSR count). The van der Waals surface area contributed by atoms with E-state index in [0.717, 1.165) is 29.7 Å². The van der Waals surface area contributed by atoms with Crippen LogP contribution in [0, 0.1) is 10.1 Å². The highest BCUT2D eigenvalue weighted by Crippen LogP contribution is 2.31. The molecule has 1 aliphatic rings. The molecule has 44 heavy (non-hydrogen) atoms. The van der Waals surface area contributed by atoms with Gasteiger partial charge in [0.05, 0.1) is 10.6 Å². The number of likely N-dealkylation sites (tertiary alicyclic amines) is 1. The first-order valence-electron chi connectivity index (χ1n) is 14.9. The number of rotatable bonds is 10. The van der Waals surface area contributed by atoms with E-state index in [9.17, 15) is 23.3 Å². The molecular weight excluding hydrogens is 580 g/mol. The summed E-state index contributed by atoms with van der Waals surface area (Å²) in [4.78, 5) is 24.8. The van der Waals surface area contributed by atoms with Crippen molar-refractivity contribution in [3.63, 3.8) is 0 Å². The maximum Gasteiger partial charge on any atom is 0.410 e. The molecule has 1 fully saturated rings. The molecule has 0 saturated carbocycles. The summed E-state index contributed by atoms with van der Waals surface area (Å²) in [5.41, 5.74) is 2.41. The standard InChI is InChI=1S/C33H42N4O6S/c1-24(2)26-12-16-29(17-13-26)36(44(41,42)31-9-7-6-8-30(31)37(39)40)23-18-25-10-14-27(15-11-25)34-28-19-21-35(22-20-28)32(38)43-33(3,4)5/h6-17,24,28,34H,18-23H2,1-5H3. The zero-order chi connectivity index (χ0) is 32.1. The predicted octanol–water partition coefficient (Wildman–Crippen LogP) is 6.97. The number of nitrogens with zero attached hydrogens (tertiary/aromatic N) is 3. The lowest BCUT2D eigenvalue weighted by atomic mass is 10.0. The summed E-state index contributed by atoms with van der Waals surface area (Å²) in [6, 6.07) is 20.8. The number of nitro groups is 1. The van der Waals surface area contributed by atoms with E-state index in [2.05, 4.69) is 19.2 Å². The summed E-state index contributed by atoms with van der Waals surface area (Å²) in [5, 5.41) is 15.2. The molecule has 11 heteroatoms. The molecule has 0 unspecified atom stereocenters. The van der Waals surface area contributed by atoms with Crippen LogP contribution in [-0.2, 0) is 21.2 Å². The highest BCUT2D eigenvalue weighted by Gasteiger charge is 2.32. The van der Waals surface area contributed by atoms with Gasteiger partial charge in [-0.05, 0) is 87.4 Å². The first-order chi connectivity index (χ1) is 20.7. The number of hydrogen-bond donors (Lipinski definition) is 1. The normalized spacial score (nSPS) is 14.4. The van der Waals surface area contributed by atoms with Crippen LogP contribution in [-0.4, -0.2) is 55.6 Å². The van der Waals surface area contributed by atoms with E-state index in [4.69, 9.17) is 4.74 Å². The summed E-state index contributed by atoms with van der Waals surface area (Å²) in [6.07, 6.45) is 1.72. The molecular formula is C33H42N4O6S. The fraction of sp³-hybridized carbons (Fsp3) is 0.424. The van der Waals surface area contributed by atoms with E-state index in [0.29, 0.717) is 25.2 Å². The lowest BCUT2D eigenvalue weighted by molar-refractivity contribution is -0.387. The highest BCUT2D eigenvalue weighted by molar-refractivity contribution is 7.93. The molecule has 0 bridgehead atoms. The van der Waals surface area contributed by atoms with Crippen LogP contribution >= 0.6 is 0 Å². The second-order valence-electron chi connectivity index (χ2n) is 12.4. The van der Waals surface area contributed by atoms with Crippen LogP contribution in [0.4, 0.5) is 21.9 Å². The summed E-state index contributed by atoms with van der Waals surface area (Å²) in [5.74, 6) is 0.272. The summed E-state index contributed by atoms with van der Waals surface area (Å²) in [7, 11) is -4.24. The molecule has 3 aromatic rings. The van der Waals surface area contributed by atoms with Gasteiger partial charge in [-0.25, -0.2) is 13.2 Å². The number of ether oxygens (including phenoxy) is 1. The van der Waals surface area contributed by atoms with Crippen LogP contribution in [0.25, 0.3) is 0 Å². The van der Waals surface area contributed by atoms with E-state index in [1.807, 2.05) is 57.2 Å². The number of nitro benzene ring substituents is 1. The van der Waals surface area contributed by atoms with Crippen LogP contribution < -0.4 is 9.62 Å². The van der Waals surface area contributed by atoms with Gasteiger partial charge in [0.2, 0.25) is 0 Å². The van der Waals surface area contributed by atoms with Crippen LogP contribution in [0.1, 0.15) is 64.5 Å². The number of para-hydroxylation sites is 1. The lowest BCUT2D eigenvalue weighted by Crippen LogP contribution is -2.44. The molecule has 0 aromatic heterocycles. The Morgan fingerprint density at radius 3 is 2.20 bits per heavy atom. The quantitative estimate of drug-likeness (QED) is 0.191. The molecule has 0 atom stereocenters. The van der Waals surface area contributed by atoms with Gasteiger partial charge in [0.1, 0.15) is 5.60 Å². The highest BCUT2D eigenvalue weighted by atomic mass is 32.2. The molecule has 1 amide bonds. The van der Waals surface area contributed by atoms with Crippen molar-refractivity contribution in [2.75, 3.05) is 29.3 Å². The molecule has 236 valence electrons. The maximum absolute atomic E-state index is 13.9. The van der Waals surface area contributed by atoms with Crippen molar-refractivity contribution in [2.45, 2.75) is 76.3 Å². The van der Waals surface area contributed by atoms with Gasteiger partial charge in [0.25, 0.3) is 15.7 Å². The fourth-order valence-electron chi connectivity index (χ4n) is 5.13. The van der Waals surface area contributed by atoms with Crippen molar-refractivity contribution in [2.24, 2.45) is 0 Å². The van der Waals surface area contributed by atoms with Crippen molar-refractivity contribution < 1.29 is 22.9 Å². The van der Waals surface area contributed by atoms with Gasteiger partial charge in [0.15, 0.2) is 4.90 Å². The van der Waals surface area contributed by atoms with Crippen molar-refractivity contribution in [1.82, 2.24) is 4.90 Å². The third kappa shape index (κ3) is 8.28. The molecule has 1 heterocycles. The van der Waals surface area contributed by atoms with Crippen LogP contribution in [0.2, 0.25) is 0 Å². The molecule has 1 N–H and O–H groups in total. The van der Waals surface area contributed by atoms with Crippen molar-refractivity contribution in [1.29, 1.82) is 0 Å². The zero-order valence-electron chi connectivity index (χ0n) is 26.0. The molecule has 10 nitrogen and oxygen atoms in total. The Labute approximate surface area is 260 Å². The molecule has 0 aliphatic carbocycles. The van der Waals surface area contributed by atoms with Crippen molar-refractivity contribution >= 4 is 33.2 Å². The zero-order valence-corrected chi connectivity index (χ0v) is 26.8. The Kier molecular flexibility index (Phi) is 10.2. The predicted molar refractivity (Wildman–Crippen MR) is 173 cm³/mol. The Morgan fingerprint density at radius 2 is 1.64 bits per heavy atom. The summed E-state index contributed by atoms with van der Waals surface area (Å²) in [6.45, 7) is 11.0. The van der Waals surface area contributed by atoms with Gasteiger partial charge in [-0.1, -0.05) is 50.2 Å². The van der Waals surface area contributed by atoms with Crippen LogP contribution in [0.15, 0.2) is 77.7 Å². The smallest absolute Gasteiger partial charge is 0.410 e. The van der Waals surface area contributed by atoms with Gasteiger partial charge >= 0.3 is 6.09 Å². The van der Waals surface area contributed by atoms with E-state index in [-0.39, 0.29) is 29.5 Å². The summed E-state index contributed by atoms with van der Waals surface area (Å²) >= 11 is 0. The van der Waals surface area contributed by atoms with E-state index >= 15 is 0 Å². The van der Waals surface area contributed by atoms with Crippen molar-refractivity contribution in [3.8, 4) is 0 Å². The average Bonchev–Trinajstić information content (AvgIpc) is 2.97. The number of hydrogen-bond acceptors (Lipinski definition) is 7. The average molecular weight is 623 g/mol. The third-order valence-corrected chi connectivity index (χ3v) is 9.43. The minimum absolute atomic E-state index is 0.102. The van der Waals surface area contributed by atoms with Crippen molar-refractivity contribution in [3.05, 3.63) is 94.0 Å². The number of benzene rings is 3. The largest absolute Gasteiger partial charge is 0.444 e. The third-order valence-electron chi connectivity index (χ3n) is 7.55. The number of carbonyl (C=O) groups excluding carboxylic acids is 1. The molecule has 1 saturated heterocycles. The molecule has 1 aliphatic heterocycles. The number of sulfonamides is 1. The molecule has 0 radical (unpaired) electrons. The monoisotopic (exact) mass is 622 g/mol. The Bertz CT molecular complexity index is 1540. The summed E-state index contributed by atoms with van der Waals surface area (Å²) < 4.78 is 34.5. The van der Waals surface area contributed by atoms with Gasteiger partial charge in [-0.15, -0.1) is 0 Å². The molecule has 0 spiro atoms. The second-order valence-corrected chi connectivity index (χ2v) is 14.2. The van der Waals surface area contributed by atoms with Gasteiger partial charge in [0, 0.05) is 37.4 Å². The first-order valence-corrected chi connectivity index (χ1v) is 16.4. The lowest BCUT2D eigenvalue weighted by Gasteiger charge is -2.34. The maximum atomic E-state index is 13.9. The van der Waals surface area contributed by atoms with Gasteiger partial charge in [-0.2, -0.15) is 0 Å². The number of anilines is 2. The Hall–Kier alpha value is -4.12. The number of carbonyl (C=O) groups is 1. The Balaban J connectivity index is 1.45. The molecule has 3 aromatic carbocycles. The topological polar surface area (TPSA) is 122 Å². The number of piperidine rings is 1. The van der Waals surface area contributed by atoms with Gasteiger partial charge in [-0.3, -0.25) is 14.4 Å². The first kappa shape index (κ1) is 32.8. The minimum atomic E-state index is -4.24. The van der Waals surface area contributed by atoms with E-state index in [1.54, 1.807) is 17.0 Å². The van der Waals surface area contributed by atoms with E-state index in [1.165, 1.54) is 28.6 Å². The minimum Gasteiger partial charge on any atom is -0.444 e. The fourth-order valence-corrected chi connectivity index (χ4v) is 6.75. The van der Waals surface area contributed by atoms with Crippen LogP contribution in [0.3, 0.4) is 0 Å². The number of amides is 1. The second kappa shape index (κ2) is 13.7.